The second-order valence-electron chi connectivity index (χ2n) is 5.69. The van der Waals surface area contributed by atoms with Crippen LogP contribution < -0.4 is 5.32 Å². The lowest BCUT2D eigenvalue weighted by atomic mass is 9.94. The minimum Gasteiger partial charge on any atom is -0.314 e. The molecule has 0 aliphatic carbocycles. The Morgan fingerprint density at radius 1 is 1.14 bits per heavy atom. The number of benzene rings is 1. The molecule has 1 atom stereocenters. The Labute approximate surface area is 148 Å². The summed E-state index contributed by atoms with van der Waals surface area (Å²) in [6.07, 6.45) is 0.764. The Balaban J connectivity index is 0.00000220. The fourth-order valence-corrected chi connectivity index (χ4v) is 3.02. The topological polar surface area (TPSA) is 15.3 Å². The van der Waals surface area contributed by atoms with E-state index in [1.54, 1.807) is 0 Å². The molecule has 1 heterocycles. The lowest BCUT2D eigenvalue weighted by Gasteiger charge is -2.36. The van der Waals surface area contributed by atoms with Crippen LogP contribution in [-0.2, 0) is 0 Å². The Kier molecular flexibility index (Phi) is 9.83. The lowest BCUT2D eigenvalue weighted by molar-refractivity contribution is 0.151. The van der Waals surface area contributed by atoms with Crippen LogP contribution in [0.3, 0.4) is 0 Å². The minimum atomic E-state index is -0.549. The number of nitrogens with one attached hydrogen (secondary N) is 1. The third kappa shape index (κ3) is 5.20. The standard InChI is InChI=1S/C15H21ClF2N2.2ClH/c1-10(2)9-13(20-7-5-19-6-8-20)14-11(17)3-4-12(18)15(14)16;;/h3-4,10,13,19H,5-9H2,1-2H3;2*1H/t13-;;/m0../s1. The molecule has 0 radical (unpaired) electrons. The highest BCUT2D eigenvalue weighted by molar-refractivity contribution is 6.31. The van der Waals surface area contributed by atoms with Gasteiger partial charge >= 0.3 is 0 Å². The summed E-state index contributed by atoms with van der Waals surface area (Å²) in [5.74, 6) is -0.582. The van der Waals surface area contributed by atoms with Crippen LogP contribution in [0.1, 0.15) is 31.9 Å². The van der Waals surface area contributed by atoms with E-state index >= 15 is 0 Å². The Hall–Kier alpha value is -0.130. The maximum absolute atomic E-state index is 14.2. The van der Waals surface area contributed by atoms with Crippen molar-refractivity contribution in [3.63, 3.8) is 0 Å². The van der Waals surface area contributed by atoms with Gasteiger partial charge in [-0.1, -0.05) is 25.4 Å². The smallest absolute Gasteiger partial charge is 0.142 e. The summed E-state index contributed by atoms with van der Waals surface area (Å²) in [6, 6.07) is 2.09. The first-order chi connectivity index (χ1) is 9.50. The molecule has 7 heteroatoms. The van der Waals surface area contributed by atoms with Crippen molar-refractivity contribution in [1.29, 1.82) is 0 Å². The van der Waals surface area contributed by atoms with Gasteiger partial charge in [-0.2, -0.15) is 0 Å². The molecule has 2 nitrogen and oxygen atoms in total. The van der Waals surface area contributed by atoms with Gasteiger partial charge in [0.2, 0.25) is 0 Å². The fourth-order valence-electron chi connectivity index (χ4n) is 2.74. The lowest BCUT2D eigenvalue weighted by Crippen LogP contribution is -2.45. The van der Waals surface area contributed by atoms with Crippen LogP contribution in [0.4, 0.5) is 8.78 Å². The van der Waals surface area contributed by atoms with Gasteiger partial charge in [0.25, 0.3) is 0 Å². The first-order valence-electron chi connectivity index (χ1n) is 7.09. The number of rotatable bonds is 4. The summed E-state index contributed by atoms with van der Waals surface area (Å²) in [7, 11) is 0. The van der Waals surface area contributed by atoms with Crippen molar-refractivity contribution in [2.24, 2.45) is 5.92 Å². The molecular weight excluding hydrogens is 353 g/mol. The molecule has 2 rings (SSSR count). The molecule has 0 aromatic heterocycles. The molecule has 0 bridgehead atoms. The van der Waals surface area contributed by atoms with Gasteiger partial charge < -0.3 is 5.32 Å². The SMILES string of the molecule is CC(C)C[C@@H](c1c(F)ccc(F)c1Cl)N1CCNCC1.Cl.Cl. The monoisotopic (exact) mass is 374 g/mol. The van der Waals surface area contributed by atoms with E-state index in [-0.39, 0.29) is 35.9 Å². The summed E-state index contributed by atoms with van der Waals surface area (Å²) in [5, 5.41) is 3.20. The molecule has 1 saturated heterocycles. The van der Waals surface area contributed by atoms with Crippen molar-refractivity contribution >= 4 is 36.4 Å². The zero-order valence-electron chi connectivity index (χ0n) is 12.7. The van der Waals surface area contributed by atoms with Crippen LogP contribution in [0, 0.1) is 17.6 Å². The van der Waals surface area contributed by atoms with Crippen molar-refractivity contribution in [3.8, 4) is 0 Å². The van der Waals surface area contributed by atoms with Crippen molar-refractivity contribution in [3.05, 3.63) is 34.4 Å². The van der Waals surface area contributed by atoms with E-state index in [1.807, 2.05) is 0 Å². The van der Waals surface area contributed by atoms with Gasteiger partial charge in [0, 0.05) is 37.8 Å². The second kappa shape index (κ2) is 9.89. The van der Waals surface area contributed by atoms with E-state index < -0.39 is 11.6 Å². The maximum Gasteiger partial charge on any atom is 0.142 e. The maximum atomic E-state index is 14.2. The van der Waals surface area contributed by atoms with Crippen LogP contribution in [-0.4, -0.2) is 31.1 Å². The van der Waals surface area contributed by atoms with Crippen molar-refractivity contribution in [2.75, 3.05) is 26.2 Å². The van der Waals surface area contributed by atoms with Crippen LogP contribution >= 0.6 is 36.4 Å². The van der Waals surface area contributed by atoms with Gasteiger partial charge in [0.1, 0.15) is 11.6 Å². The molecule has 1 aliphatic rings. The first kappa shape index (κ1) is 21.9. The molecule has 1 fully saturated rings. The Bertz CT molecular complexity index is 466. The quantitative estimate of drug-likeness (QED) is 0.782. The molecule has 0 amide bonds. The first-order valence-corrected chi connectivity index (χ1v) is 7.46. The molecule has 1 aliphatic heterocycles. The Morgan fingerprint density at radius 3 is 2.23 bits per heavy atom. The van der Waals surface area contributed by atoms with Crippen LogP contribution in [0.25, 0.3) is 0 Å². The number of nitrogens with zero attached hydrogens (tertiary/aromatic N) is 1. The zero-order valence-corrected chi connectivity index (χ0v) is 15.1. The third-order valence-corrected chi connectivity index (χ3v) is 4.08. The van der Waals surface area contributed by atoms with E-state index in [9.17, 15) is 8.78 Å². The molecular formula is C15H23Cl3F2N2. The van der Waals surface area contributed by atoms with Crippen molar-refractivity contribution in [1.82, 2.24) is 10.2 Å². The summed E-state index contributed by atoms with van der Waals surface area (Å²) in [6.45, 7) is 7.54. The third-order valence-electron chi connectivity index (χ3n) is 3.70. The van der Waals surface area contributed by atoms with E-state index in [1.165, 1.54) is 6.07 Å². The normalized spacial score (nSPS) is 16.8. The largest absolute Gasteiger partial charge is 0.314 e. The molecule has 0 unspecified atom stereocenters. The average Bonchev–Trinajstić information content (AvgIpc) is 2.43. The van der Waals surface area contributed by atoms with Gasteiger partial charge in [-0.25, -0.2) is 8.78 Å². The number of piperazine rings is 1. The van der Waals surface area contributed by atoms with Gasteiger partial charge in [0.05, 0.1) is 5.02 Å². The summed E-state index contributed by atoms with van der Waals surface area (Å²) >= 11 is 6.04. The summed E-state index contributed by atoms with van der Waals surface area (Å²) in [4.78, 5) is 2.19. The van der Waals surface area contributed by atoms with E-state index in [0.717, 1.165) is 38.7 Å². The van der Waals surface area contributed by atoms with Crippen LogP contribution in [0.15, 0.2) is 12.1 Å². The van der Waals surface area contributed by atoms with E-state index in [2.05, 4.69) is 24.1 Å². The van der Waals surface area contributed by atoms with Gasteiger partial charge in [0.15, 0.2) is 0 Å². The predicted molar refractivity (Wildman–Crippen MR) is 92.5 cm³/mol. The zero-order chi connectivity index (χ0) is 14.7. The van der Waals surface area contributed by atoms with E-state index in [4.69, 9.17) is 11.6 Å². The predicted octanol–water partition coefficient (Wildman–Crippen LogP) is 4.45. The molecule has 0 saturated carbocycles. The van der Waals surface area contributed by atoms with Crippen LogP contribution in [0.5, 0.6) is 0 Å². The summed E-state index contributed by atoms with van der Waals surface area (Å²) in [5.41, 5.74) is 0.308. The number of hydrogen-bond donors (Lipinski definition) is 1. The fraction of sp³-hybridized carbons (Fsp3) is 0.600. The average molecular weight is 376 g/mol. The molecule has 22 heavy (non-hydrogen) atoms. The highest BCUT2D eigenvalue weighted by Crippen LogP contribution is 2.36. The van der Waals surface area contributed by atoms with E-state index in [0.29, 0.717) is 11.5 Å². The van der Waals surface area contributed by atoms with Crippen LogP contribution in [0.2, 0.25) is 5.02 Å². The second-order valence-corrected chi connectivity index (χ2v) is 6.07. The molecule has 1 N–H and O–H groups in total. The highest BCUT2D eigenvalue weighted by atomic mass is 35.5. The Morgan fingerprint density at radius 2 is 1.68 bits per heavy atom. The molecule has 1 aromatic rings. The molecule has 1 aromatic carbocycles. The number of halogens is 5. The minimum absolute atomic E-state index is 0. The highest BCUT2D eigenvalue weighted by Gasteiger charge is 2.28. The van der Waals surface area contributed by atoms with Crippen molar-refractivity contribution < 1.29 is 8.78 Å². The number of hydrogen-bond acceptors (Lipinski definition) is 2. The van der Waals surface area contributed by atoms with Crippen molar-refractivity contribution in [2.45, 2.75) is 26.3 Å². The van der Waals surface area contributed by atoms with Gasteiger partial charge in [-0.05, 0) is 24.5 Å². The van der Waals surface area contributed by atoms with Gasteiger partial charge in [-0.15, -0.1) is 24.8 Å². The molecule has 0 spiro atoms. The van der Waals surface area contributed by atoms with Gasteiger partial charge in [-0.3, -0.25) is 4.90 Å². The summed E-state index contributed by atoms with van der Waals surface area (Å²) < 4.78 is 27.9. The molecule has 128 valence electrons.